The average Bonchev–Trinajstić information content (AvgIpc) is 2.28. The molecule has 0 aliphatic carbocycles. The van der Waals surface area contributed by atoms with Gasteiger partial charge in [0.05, 0.1) is 18.6 Å². The molecule has 1 aromatic carbocycles. The Hall–Kier alpha value is -1.51. The largest absolute Gasteiger partial charge is 0.497 e. The summed E-state index contributed by atoms with van der Waals surface area (Å²) in [7, 11) is 3.50. The summed E-state index contributed by atoms with van der Waals surface area (Å²) < 4.78 is 5.20. The quantitative estimate of drug-likeness (QED) is 0.714. The minimum Gasteiger partial charge on any atom is -0.497 e. The third-order valence-electron chi connectivity index (χ3n) is 3.35. The van der Waals surface area contributed by atoms with Crippen LogP contribution >= 0.6 is 0 Å². The van der Waals surface area contributed by atoms with Gasteiger partial charge in [0.25, 0.3) is 0 Å². The van der Waals surface area contributed by atoms with Crippen LogP contribution in [0.2, 0.25) is 0 Å². The van der Waals surface area contributed by atoms with E-state index < -0.39 is 0 Å². The van der Waals surface area contributed by atoms with E-state index in [9.17, 15) is 4.79 Å². The van der Waals surface area contributed by atoms with E-state index in [0.29, 0.717) is 0 Å². The van der Waals surface area contributed by atoms with Crippen molar-refractivity contribution in [3.8, 4) is 5.75 Å². The Kier molecular flexibility index (Phi) is 2.41. The fourth-order valence-electron chi connectivity index (χ4n) is 2.56. The molecule has 0 saturated carbocycles. The predicted octanol–water partition coefficient (Wildman–Crippen LogP) is 2.23. The number of rotatable bonds is 2. The molecule has 2 rings (SSSR count). The Morgan fingerprint density at radius 2 is 2.06 bits per heavy atom. The number of ether oxygens (including phenoxy) is 1. The van der Waals surface area contributed by atoms with Crippen molar-refractivity contribution in [2.75, 3.05) is 14.2 Å². The van der Waals surface area contributed by atoms with Gasteiger partial charge in [-0.25, -0.2) is 0 Å². The van der Waals surface area contributed by atoms with Crippen LogP contribution in [0.5, 0.6) is 5.75 Å². The second kappa shape index (κ2) is 3.51. The van der Waals surface area contributed by atoms with Crippen molar-refractivity contribution in [1.82, 2.24) is 4.90 Å². The number of benzene rings is 1. The lowest BCUT2D eigenvalue weighted by Crippen LogP contribution is -2.58. The maximum absolute atomic E-state index is 11.7. The minimum absolute atomic E-state index is 0.148. The molecule has 1 saturated heterocycles. The molecule has 3 heteroatoms. The number of hydrogen-bond donors (Lipinski definition) is 0. The fraction of sp³-hybridized carbons (Fsp3) is 0.462. The fourth-order valence-corrected chi connectivity index (χ4v) is 2.56. The van der Waals surface area contributed by atoms with Gasteiger partial charge in [0, 0.05) is 7.05 Å². The lowest BCUT2D eigenvalue weighted by Gasteiger charge is -2.51. The van der Waals surface area contributed by atoms with E-state index in [1.54, 1.807) is 12.0 Å². The molecule has 1 unspecified atom stereocenters. The summed E-state index contributed by atoms with van der Waals surface area (Å²) in [5.74, 6) is 1.03. The summed E-state index contributed by atoms with van der Waals surface area (Å²) in [4.78, 5) is 13.5. The van der Waals surface area contributed by atoms with Crippen LogP contribution in [0.3, 0.4) is 0 Å². The highest BCUT2D eigenvalue weighted by molar-refractivity contribution is 5.89. The second-order valence-corrected chi connectivity index (χ2v) is 4.82. The van der Waals surface area contributed by atoms with Crippen LogP contribution in [0.25, 0.3) is 0 Å². The lowest BCUT2D eigenvalue weighted by molar-refractivity contribution is -0.165. The molecule has 1 aliphatic rings. The van der Waals surface area contributed by atoms with Crippen LogP contribution in [0.4, 0.5) is 0 Å². The first-order valence-electron chi connectivity index (χ1n) is 5.39. The van der Waals surface area contributed by atoms with Gasteiger partial charge >= 0.3 is 0 Å². The van der Waals surface area contributed by atoms with Gasteiger partial charge in [-0.05, 0) is 31.5 Å². The zero-order chi connectivity index (χ0) is 11.9. The van der Waals surface area contributed by atoms with Crippen molar-refractivity contribution >= 4 is 5.91 Å². The zero-order valence-electron chi connectivity index (χ0n) is 10.2. The Labute approximate surface area is 96.0 Å². The van der Waals surface area contributed by atoms with Crippen molar-refractivity contribution in [2.24, 2.45) is 5.41 Å². The van der Waals surface area contributed by atoms with E-state index >= 15 is 0 Å². The molecular weight excluding hydrogens is 202 g/mol. The molecule has 0 aromatic heterocycles. The molecule has 0 bridgehead atoms. The monoisotopic (exact) mass is 219 g/mol. The van der Waals surface area contributed by atoms with E-state index in [0.717, 1.165) is 11.3 Å². The standard InChI is InChI=1S/C13H17NO2/c1-13(2)11(14(3)12(13)15)9-6-5-7-10(8-9)16-4/h5-8,11H,1-4H3. The molecule has 1 aliphatic heterocycles. The van der Waals surface area contributed by atoms with Crippen molar-refractivity contribution in [1.29, 1.82) is 0 Å². The van der Waals surface area contributed by atoms with E-state index in [4.69, 9.17) is 4.74 Å². The van der Waals surface area contributed by atoms with Crippen LogP contribution in [-0.4, -0.2) is 25.0 Å². The Balaban J connectivity index is 2.34. The van der Waals surface area contributed by atoms with Gasteiger partial charge in [-0.2, -0.15) is 0 Å². The Bertz CT molecular complexity index is 426. The number of nitrogens with zero attached hydrogens (tertiary/aromatic N) is 1. The van der Waals surface area contributed by atoms with Crippen LogP contribution in [-0.2, 0) is 4.79 Å². The molecule has 1 aromatic rings. The highest BCUT2D eigenvalue weighted by Gasteiger charge is 2.52. The van der Waals surface area contributed by atoms with Gasteiger partial charge in [-0.3, -0.25) is 4.79 Å². The molecule has 3 nitrogen and oxygen atoms in total. The Morgan fingerprint density at radius 1 is 1.38 bits per heavy atom. The van der Waals surface area contributed by atoms with Crippen LogP contribution in [0, 0.1) is 5.41 Å². The van der Waals surface area contributed by atoms with Crippen LogP contribution in [0.1, 0.15) is 25.5 Å². The van der Waals surface area contributed by atoms with E-state index in [1.165, 1.54) is 0 Å². The maximum Gasteiger partial charge on any atom is 0.230 e. The summed E-state index contributed by atoms with van der Waals surface area (Å²) in [6, 6.07) is 8.06. The lowest BCUT2D eigenvalue weighted by atomic mass is 9.71. The number of amides is 1. The topological polar surface area (TPSA) is 29.5 Å². The van der Waals surface area contributed by atoms with Crippen molar-refractivity contribution in [2.45, 2.75) is 19.9 Å². The third-order valence-corrected chi connectivity index (χ3v) is 3.35. The SMILES string of the molecule is COc1cccc(C2N(C)C(=O)C2(C)C)c1. The van der Waals surface area contributed by atoms with E-state index in [-0.39, 0.29) is 17.4 Å². The molecule has 16 heavy (non-hydrogen) atoms. The molecule has 1 amide bonds. The normalized spacial score (nSPS) is 22.9. The first-order valence-corrected chi connectivity index (χ1v) is 5.39. The van der Waals surface area contributed by atoms with Gasteiger partial charge < -0.3 is 9.64 Å². The second-order valence-electron chi connectivity index (χ2n) is 4.82. The van der Waals surface area contributed by atoms with Gasteiger partial charge in [0.1, 0.15) is 5.75 Å². The number of hydrogen-bond acceptors (Lipinski definition) is 2. The zero-order valence-corrected chi connectivity index (χ0v) is 10.2. The van der Waals surface area contributed by atoms with E-state index in [2.05, 4.69) is 0 Å². The first kappa shape index (κ1) is 11.0. The Morgan fingerprint density at radius 3 is 2.62 bits per heavy atom. The van der Waals surface area contributed by atoms with Crippen molar-refractivity contribution < 1.29 is 9.53 Å². The summed E-state index contributed by atoms with van der Waals surface area (Å²) in [5, 5.41) is 0. The molecule has 1 fully saturated rings. The number of likely N-dealkylation sites (tertiary alicyclic amines) is 1. The van der Waals surface area contributed by atoms with E-state index in [1.807, 2.05) is 45.2 Å². The number of methoxy groups -OCH3 is 1. The average molecular weight is 219 g/mol. The predicted molar refractivity (Wildman–Crippen MR) is 62.3 cm³/mol. The third kappa shape index (κ3) is 1.39. The molecule has 1 heterocycles. The highest BCUT2D eigenvalue weighted by atomic mass is 16.5. The van der Waals surface area contributed by atoms with Gasteiger partial charge in [-0.1, -0.05) is 12.1 Å². The molecule has 0 spiro atoms. The summed E-state index contributed by atoms with van der Waals surface area (Å²) in [5.41, 5.74) is 0.827. The highest BCUT2D eigenvalue weighted by Crippen LogP contribution is 2.48. The maximum atomic E-state index is 11.7. The van der Waals surface area contributed by atoms with Crippen LogP contribution in [0.15, 0.2) is 24.3 Å². The molecular formula is C13H17NO2. The van der Waals surface area contributed by atoms with Crippen LogP contribution < -0.4 is 4.74 Å². The molecule has 0 radical (unpaired) electrons. The number of β-lactam (4-membered cyclic amide) rings is 1. The first-order chi connectivity index (χ1) is 7.48. The smallest absolute Gasteiger partial charge is 0.230 e. The molecule has 0 N–H and O–H groups in total. The summed E-state index contributed by atoms with van der Waals surface area (Å²) in [6.07, 6.45) is 0. The summed E-state index contributed by atoms with van der Waals surface area (Å²) >= 11 is 0. The number of carbonyl (C=O) groups is 1. The van der Waals surface area contributed by atoms with Gasteiger partial charge in [0.15, 0.2) is 0 Å². The van der Waals surface area contributed by atoms with Gasteiger partial charge in [0.2, 0.25) is 5.91 Å². The van der Waals surface area contributed by atoms with Gasteiger partial charge in [-0.15, -0.1) is 0 Å². The van der Waals surface area contributed by atoms with Crippen molar-refractivity contribution in [3.63, 3.8) is 0 Å². The molecule has 86 valence electrons. The minimum atomic E-state index is -0.304. The number of carbonyl (C=O) groups excluding carboxylic acids is 1. The summed E-state index contributed by atoms with van der Waals surface area (Å²) in [6.45, 7) is 3.97. The van der Waals surface area contributed by atoms with Crippen molar-refractivity contribution in [3.05, 3.63) is 29.8 Å². The molecule has 1 atom stereocenters.